The van der Waals surface area contributed by atoms with Crippen LogP contribution in [0.4, 0.5) is 4.39 Å². The summed E-state index contributed by atoms with van der Waals surface area (Å²) < 4.78 is 24.1. The van der Waals surface area contributed by atoms with Crippen molar-refractivity contribution in [2.75, 3.05) is 7.11 Å². The Morgan fingerprint density at radius 1 is 0.938 bits per heavy atom. The summed E-state index contributed by atoms with van der Waals surface area (Å²) in [5.41, 5.74) is 4.51. The van der Waals surface area contributed by atoms with E-state index in [1.165, 1.54) is 25.5 Å². The maximum Gasteiger partial charge on any atom is 0.329 e. The van der Waals surface area contributed by atoms with Gasteiger partial charge >= 0.3 is 11.8 Å². The highest BCUT2D eigenvalue weighted by Crippen LogP contribution is 2.28. The largest absolute Gasteiger partial charge is 0.493 e. The second kappa shape index (κ2) is 11.3. The van der Waals surface area contributed by atoms with Gasteiger partial charge in [-0.15, -0.1) is 0 Å². The van der Waals surface area contributed by atoms with Gasteiger partial charge in [0.2, 0.25) is 0 Å². The summed E-state index contributed by atoms with van der Waals surface area (Å²) in [5, 5.41) is 6.33. The Balaban J connectivity index is 1.51. The lowest BCUT2D eigenvalue weighted by atomic mass is 10.2. The van der Waals surface area contributed by atoms with Crippen molar-refractivity contribution in [3.63, 3.8) is 0 Å². The van der Waals surface area contributed by atoms with Gasteiger partial charge in [-0.2, -0.15) is 5.10 Å². The van der Waals surface area contributed by atoms with Crippen LogP contribution in [0.5, 0.6) is 11.5 Å². The molecule has 0 heterocycles. The number of ether oxygens (including phenoxy) is 2. The summed E-state index contributed by atoms with van der Waals surface area (Å²) in [7, 11) is 1.50. The number of carbonyl (C=O) groups excluding carboxylic acids is 2. The minimum atomic E-state index is -0.872. The first-order chi connectivity index (χ1) is 15.5. The fraction of sp³-hybridized carbons (Fsp3) is 0.125. The Labute approximate surface area is 184 Å². The first-order valence-corrected chi connectivity index (χ1v) is 9.75. The van der Waals surface area contributed by atoms with E-state index >= 15 is 0 Å². The van der Waals surface area contributed by atoms with E-state index in [0.29, 0.717) is 17.1 Å². The predicted octanol–water partition coefficient (Wildman–Crippen LogP) is 3.18. The van der Waals surface area contributed by atoms with Crippen LogP contribution in [-0.2, 0) is 22.7 Å². The lowest BCUT2D eigenvalue weighted by Crippen LogP contribution is -2.37. The lowest BCUT2D eigenvalue weighted by Gasteiger charge is -2.11. The second-order valence-electron chi connectivity index (χ2n) is 6.69. The van der Waals surface area contributed by atoms with Crippen molar-refractivity contribution in [1.82, 2.24) is 10.7 Å². The highest BCUT2D eigenvalue weighted by atomic mass is 19.1. The van der Waals surface area contributed by atoms with Gasteiger partial charge in [-0.3, -0.25) is 9.59 Å². The van der Waals surface area contributed by atoms with Crippen LogP contribution in [0.3, 0.4) is 0 Å². The molecule has 3 aromatic rings. The lowest BCUT2D eigenvalue weighted by molar-refractivity contribution is -0.139. The molecule has 0 radical (unpaired) electrons. The van der Waals surface area contributed by atoms with E-state index in [-0.39, 0.29) is 19.0 Å². The van der Waals surface area contributed by atoms with Gasteiger partial charge in [0.15, 0.2) is 11.5 Å². The summed E-state index contributed by atoms with van der Waals surface area (Å²) in [6.07, 6.45) is 1.38. The molecule has 0 saturated carbocycles. The van der Waals surface area contributed by atoms with Crippen molar-refractivity contribution in [3.05, 3.63) is 95.3 Å². The summed E-state index contributed by atoms with van der Waals surface area (Å²) >= 11 is 0. The molecule has 0 atom stereocenters. The van der Waals surface area contributed by atoms with Crippen LogP contribution < -0.4 is 20.2 Å². The monoisotopic (exact) mass is 435 g/mol. The van der Waals surface area contributed by atoms with Gasteiger partial charge < -0.3 is 14.8 Å². The number of hydrogen-bond donors (Lipinski definition) is 2. The molecule has 3 aromatic carbocycles. The van der Waals surface area contributed by atoms with Crippen LogP contribution in [0.2, 0.25) is 0 Å². The van der Waals surface area contributed by atoms with Gasteiger partial charge in [-0.05, 0) is 47.0 Å². The third kappa shape index (κ3) is 6.66. The van der Waals surface area contributed by atoms with E-state index in [9.17, 15) is 14.0 Å². The first kappa shape index (κ1) is 22.5. The van der Waals surface area contributed by atoms with Gasteiger partial charge in [-0.25, -0.2) is 9.82 Å². The van der Waals surface area contributed by atoms with Gasteiger partial charge in [0.1, 0.15) is 12.4 Å². The number of nitrogens with one attached hydrogen (secondary N) is 2. The maximum atomic E-state index is 13.0. The molecule has 0 bridgehead atoms. The molecule has 3 rings (SSSR count). The summed E-state index contributed by atoms with van der Waals surface area (Å²) in [4.78, 5) is 23.7. The average molecular weight is 435 g/mol. The predicted molar refractivity (Wildman–Crippen MR) is 118 cm³/mol. The van der Waals surface area contributed by atoms with Crippen molar-refractivity contribution < 1.29 is 23.5 Å². The molecule has 0 aliphatic rings. The first-order valence-electron chi connectivity index (χ1n) is 9.75. The molecule has 0 aliphatic carbocycles. The molecule has 0 fully saturated rings. The number of carbonyl (C=O) groups is 2. The molecule has 0 aromatic heterocycles. The summed E-state index contributed by atoms with van der Waals surface area (Å²) in [6.45, 7) is 0.492. The van der Waals surface area contributed by atoms with Gasteiger partial charge in [0, 0.05) is 6.54 Å². The van der Waals surface area contributed by atoms with Gasteiger partial charge in [0.05, 0.1) is 13.3 Å². The Kier molecular flexibility index (Phi) is 7.91. The highest BCUT2D eigenvalue weighted by molar-refractivity contribution is 6.35. The number of nitrogens with zero attached hydrogens (tertiary/aromatic N) is 1. The van der Waals surface area contributed by atoms with Crippen LogP contribution in [0.25, 0.3) is 0 Å². The fourth-order valence-electron chi connectivity index (χ4n) is 2.70. The zero-order valence-electron chi connectivity index (χ0n) is 17.4. The van der Waals surface area contributed by atoms with E-state index in [1.807, 2.05) is 30.3 Å². The number of hydrogen-bond acceptors (Lipinski definition) is 5. The normalized spacial score (nSPS) is 10.6. The molecule has 2 amide bonds. The molecule has 8 heteroatoms. The third-order valence-electron chi connectivity index (χ3n) is 4.38. The van der Waals surface area contributed by atoms with E-state index < -0.39 is 11.8 Å². The minimum Gasteiger partial charge on any atom is -0.493 e. The standard InChI is InChI=1S/C24H22FN3O4/c1-31-22-13-19(9-12-21(22)32-16-18-7-10-20(25)11-8-18)15-27-28-24(30)23(29)26-14-17-5-3-2-4-6-17/h2-13,15H,14,16H2,1H3,(H,26,29)(H,28,30)/b27-15-. The molecule has 0 saturated heterocycles. The zero-order chi connectivity index (χ0) is 22.8. The highest BCUT2D eigenvalue weighted by Gasteiger charge is 2.12. The zero-order valence-corrected chi connectivity index (χ0v) is 17.4. The molecule has 0 unspecified atom stereocenters. The molecule has 0 spiro atoms. The van der Waals surface area contributed by atoms with Crippen LogP contribution in [0, 0.1) is 5.82 Å². The number of halogens is 1. The quantitative estimate of drug-likeness (QED) is 0.323. The van der Waals surface area contributed by atoms with E-state index in [2.05, 4.69) is 15.8 Å². The van der Waals surface area contributed by atoms with E-state index in [0.717, 1.165) is 11.1 Å². The Morgan fingerprint density at radius 3 is 2.41 bits per heavy atom. The SMILES string of the molecule is COc1cc(/C=N\NC(=O)C(=O)NCc2ccccc2)ccc1OCc1ccc(F)cc1. The van der Waals surface area contributed by atoms with Crippen LogP contribution in [-0.4, -0.2) is 25.1 Å². The smallest absolute Gasteiger partial charge is 0.329 e. The topological polar surface area (TPSA) is 89.0 Å². The molecule has 2 N–H and O–H groups in total. The van der Waals surface area contributed by atoms with Crippen molar-refractivity contribution in [1.29, 1.82) is 0 Å². The van der Waals surface area contributed by atoms with Crippen molar-refractivity contribution >= 4 is 18.0 Å². The van der Waals surface area contributed by atoms with Gasteiger partial charge in [0.25, 0.3) is 0 Å². The Morgan fingerprint density at radius 2 is 1.69 bits per heavy atom. The molecule has 32 heavy (non-hydrogen) atoms. The van der Waals surface area contributed by atoms with E-state index in [1.54, 1.807) is 30.3 Å². The van der Waals surface area contributed by atoms with Crippen molar-refractivity contribution in [2.24, 2.45) is 5.10 Å². The number of hydrazone groups is 1. The molecular formula is C24H22FN3O4. The number of methoxy groups -OCH3 is 1. The Bertz CT molecular complexity index is 1090. The minimum absolute atomic E-state index is 0.243. The molecule has 164 valence electrons. The third-order valence-corrected chi connectivity index (χ3v) is 4.38. The summed E-state index contributed by atoms with van der Waals surface area (Å²) in [5.74, 6) is -1.01. The second-order valence-corrected chi connectivity index (χ2v) is 6.69. The number of amides is 2. The fourth-order valence-corrected chi connectivity index (χ4v) is 2.70. The maximum absolute atomic E-state index is 13.0. The molecule has 0 aliphatic heterocycles. The molecule has 7 nitrogen and oxygen atoms in total. The van der Waals surface area contributed by atoms with Gasteiger partial charge in [-0.1, -0.05) is 42.5 Å². The number of benzene rings is 3. The average Bonchev–Trinajstić information content (AvgIpc) is 2.83. The van der Waals surface area contributed by atoms with Crippen LogP contribution in [0.15, 0.2) is 77.9 Å². The van der Waals surface area contributed by atoms with Crippen LogP contribution >= 0.6 is 0 Å². The van der Waals surface area contributed by atoms with Crippen molar-refractivity contribution in [3.8, 4) is 11.5 Å². The van der Waals surface area contributed by atoms with Crippen molar-refractivity contribution in [2.45, 2.75) is 13.2 Å². The molecular weight excluding hydrogens is 413 g/mol. The van der Waals surface area contributed by atoms with E-state index in [4.69, 9.17) is 9.47 Å². The summed E-state index contributed by atoms with van der Waals surface area (Å²) in [6, 6.07) is 20.3. The Hall–Kier alpha value is -4.20. The number of rotatable bonds is 8. The van der Waals surface area contributed by atoms with Crippen LogP contribution in [0.1, 0.15) is 16.7 Å².